The van der Waals surface area contributed by atoms with E-state index < -0.39 is 0 Å². The van der Waals surface area contributed by atoms with Crippen molar-refractivity contribution in [2.75, 3.05) is 13.2 Å². The van der Waals surface area contributed by atoms with Crippen molar-refractivity contribution >= 4 is 11.5 Å². The molecular weight excluding hydrogens is 408 g/mol. The van der Waals surface area contributed by atoms with E-state index in [4.69, 9.17) is 9.47 Å². The number of carbonyl (C=O) groups excluding carboxylic acids is 1. The maximum atomic E-state index is 11.6. The number of allylic oxidation sites excluding steroid dienone is 5. The van der Waals surface area contributed by atoms with E-state index in [0.29, 0.717) is 18.4 Å². The van der Waals surface area contributed by atoms with E-state index in [1.807, 2.05) is 26.0 Å². The van der Waals surface area contributed by atoms with Crippen molar-refractivity contribution < 1.29 is 14.3 Å². The molecule has 1 rings (SSSR count). The Morgan fingerprint density at radius 2 is 1.67 bits per heavy atom. The van der Waals surface area contributed by atoms with Crippen molar-refractivity contribution in [3.63, 3.8) is 0 Å². The van der Waals surface area contributed by atoms with Crippen molar-refractivity contribution in [2.24, 2.45) is 0 Å². The molecule has 0 spiro atoms. The minimum atomic E-state index is -0.304. The highest BCUT2D eigenvalue weighted by molar-refractivity contribution is 5.83. The third-order valence-corrected chi connectivity index (χ3v) is 5.69. The maximum Gasteiger partial charge on any atom is 0.330 e. The zero-order chi connectivity index (χ0) is 24.8. The lowest BCUT2D eigenvalue weighted by Gasteiger charge is -2.21. The zero-order valence-electron chi connectivity index (χ0n) is 22.3. The molecule has 33 heavy (non-hydrogen) atoms. The minimum absolute atomic E-state index is 0.304. The van der Waals surface area contributed by atoms with Gasteiger partial charge in [-0.15, -0.1) is 0 Å². The van der Waals surface area contributed by atoms with Crippen LogP contribution in [0.1, 0.15) is 116 Å². The summed E-state index contributed by atoms with van der Waals surface area (Å²) in [6, 6.07) is 4.60. The summed E-state index contributed by atoms with van der Waals surface area (Å²) in [5.74, 6) is 1.55. The van der Waals surface area contributed by atoms with Crippen LogP contribution in [0.4, 0.5) is 0 Å². The van der Waals surface area contributed by atoms with Gasteiger partial charge in [-0.25, -0.2) is 4.79 Å². The Kier molecular flexibility index (Phi) is 13.5. The summed E-state index contributed by atoms with van der Waals surface area (Å²) in [6.07, 6.45) is 13.7. The zero-order valence-corrected chi connectivity index (χ0v) is 22.3. The Balaban J connectivity index is 3.21. The Bertz CT molecular complexity index is 825. The fourth-order valence-corrected chi connectivity index (χ4v) is 3.62. The first-order valence-corrected chi connectivity index (χ1v) is 12.7. The number of benzene rings is 1. The second kappa shape index (κ2) is 15.5. The number of carbonyl (C=O) groups is 1. The third kappa shape index (κ3) is 10.5. The molecule has 0 unspecified atom stereocenters. The van der Waals surface area contributed by atoms with E-state index in [1.165, 1.54) is 42.9 Å². The van der Waals surface area contributed by atoms with E-state index >= 15 is 0 Å². The van der Waals surface area contributed by atoms with E-state index in [9.17, 15) is 4.79 Å². The van der Waals surface area contributed by atoms with E-state index in [2.05, 4.69) is 59.8 Å². The van der Waals surface area contributed by atoms with Crippen LogP contribution < -0.4 is 4.74 Å². The molecule has 1 aromatic rings. The lowest BCUT2D eigenvalue weighted by molar-refractivity contribution is -0.137. The van der Waals surface area contributed by atoms with Crippen molar-refractivity contribution in [1.29, 1.82) is 0 Å². The molecule has 0 saturated carbocycles. The summed E-state index contributed by atoms with van der Waals surface area (Å²) in [5.41, 5.74) is 5.79. The molecule has 0 heterocycles. The molecule has 0 saturated heterocycles. The Hall–Kier alpha value is -2.29. The van der Waals surface area contributed by atoms with Gasteiger partial charge in [0.15, 0.2) is 0 Å². The van der Waals surface area contributed by atoms with Gasteiger partial charge in [0.2, 0.25) is 0 Å². The highest BCUT2D eigenvalue weighted by Crippen LogP contribution is 2.37. The van der Waals surface area contributed by atoms with Gasteiger partial charge in [0, 0.05) is 11.6 Å². The average molecular weight is 455 g/mol. The number of hydrogen-bond donors (Lipinski definition) is 0. The molecule has 0 N–H and O–H groups in total. The van der Waals surface area contributed by atoms with Gasteiger partial charge < -0.3 is 9.47 Å². The van der Waals surface area contributed by atoms with Crippen LogP contribution in [0.2, 0.25) is 0 Å². The molecule has 0 amide bonds. The first-order valence-electron chi connectivity index (χ1n) is 12.7. The number of rotatable bonds is 14. The van der Waals surface area contributed by atoms with Crippen molar-refractivity contribution in [1.82, 2.24) is 0 Å². The van der Waals surface area contributed by atoms with E-state index in [0.717, 1.165) is 35.5 Å². The van der Waals surface area contributed by atoms with Gasteiger partial charge in [-0.2, -0.15) is 0 Å². The van der Waals surface area contributed by atoms with Gasteiger partial charge in [-0.3, -0.25) is 0 Å². The monoisotopic (exact) mass is 454 g/mol. The fraction of sp³-hybridized carbons (Fsp3) is 0.567. The van der Waals surface area contributed by atoms with Gasteiger partial charge in [-0.1, -0.05) is 84.6 Å². The Morgan fingerprint density at radius 3 is 2.27 bits per heavy atom. The van der Waals surface area contributed by atoms with Crippen LogP contribution in [0.3, 0.4) is 0 Å². The summed E-state index contributed by atoms with van der Waals surface area (Å²) in [4.78, 5) is 11.6. The quantitative estimate of drug-likeness (QED) is 0.122. The predicted molar refractivity (Wildman–Crippen MR) is 142 cm³/mol. The van der Waals surface area contributed by atoms with E-state index in [1.54, 1.807) is 0 Å². The molecule has 1 aromatic carbocycles. The second-order valence-electron chi connectivity index (χ2n) is 9.41. The lowest BCUT2D eigenvalue weighted by Crippen LogP contribution is -2.06. The number of esters is 1. The number of ether oxygens (including phenoxy) is 2. The van der Waals surface area contributed by atoms with Crippen molar-refractivity contribution in [3.05, 3.63) is 58.7 Å². The predicted octanol–water partition coefficient (Wildman–Crippen LogP) is 8.75. The molecule has 0 atom stereocenters. The Morgan fingerprint density at radius 1 is 0.970 bits per heavy atom. The number of unbranched alkanes of at least 4 members (excludes halogenated alkanes) is 4. The van der Waals surface area contributed by atoms with Crippen LogP contribution in [0.25, 0.3) is 5.57 Å². The first kappa shape index (κ1) is 28.7. The normalized spacial score (nSPS) is 12.8. The molecule has 3 nitrogen and oxygen atoms in total. The summed E-state index contributed by atoms with van der Waals surface area (Å²) in [5, 5.41) is 0. The largest absolute Gasteiger partial charge is 0.493 e. The topological polar surface area (TPSA) is 35.5 Å². The smallest absolute Gasteiger partial charge is 0.330 e. The Labute approximate surface area is 203 Å². The molecule has 0 aliphatic rings. The molecule has 3 heteroatoms. The van der Waals surface area contributed by atoms with Crippen LogP contribution in [-0.2, 0) is 9.53 Å². The van der Waals surface area contributed by atoms with Crippen molar-refractivity contribution in [3.8, 4) is 5.75 Å². The van der Waals surface area contributed by atoms with Crippen LogP contribution in [0.5, 0.6) is 5.75 Å². The third-order valence-electron chi connectivity index (χ3n) is 5.69. The minimum Gasteiger partial charge on any atom is -0.493 e. The highest BCUT2D eigenvalue weighted by atomic mass is 16.5. The molecule has 0 aromatic heterocycles. The fourth-order valence-electron chi connectivity index (χ4n) is 3.62. The molecule has 0 fully saturated rings. The lowest BCUT2D eigenvalue weighted by atomic mass is 9.89. The summed E-state index contributed by atoms with van der Waals surface area (Å²) in [7, 11) is 0. The highest BCUT2D eigenvalue weighted by Gasteiger charge is 2.17. The SMILES string of the molecule is CCCCCCCOc1c(C(C)=CC=CC(C)=CC(=O)OCC)cc(C(C)C)cc1C(C)C. The van der Waals surface area contributed by atoms with Gasteiger partial charge in [-0.05, 0) is 67.4 Å². The summed E-state index contributed by atoms with van der Waals surface area (Å²) in [6.45, 7) is 18.2. The molecular formula is C30H46O3. The first-order chi connectivity index (χ1) is 15.7. The van der Waals surface area contributed by atoms with Gasteiger partial charge in [0.1, 0.15) is 5.75 Å². The van der Waals surface area contributed by atoms with Crippen LogP contribution in [-0.4, -0.2) is 19.2 Å². The maximum absolute atomic E-state index is 11.6. The molecule has 0 aliphatic carbocycles. The second-order valence-corrected chi connectivity index (χ2v) is 9.41. The molecule has 0 bridgehead atoms. The van der Waals surface area contributed by atoms with Crippen LogP contribution in [0, 0.1) is 0 Å². The van der Waals surface area contributed by atoms with Gasteiger partial charge in [0.05, 0.1) is 13.2 Å². The van der Waals surface area contributed by atoms with E-state index in [-0.39, 0.29) is 5.97 Å². The van der Waals surface area contributed by atoms with Crippen LogP contribution >= 0.6 is 0 Å². The standard InChI is InChI=1S/C30H46O3/c1-9-11-12-13-14-18-33-30-27(23(5)6)20-26(22(3)4)21-28(30)25(8)17-15-16-24(7)19-29(31)32-10-2/h15-17,19-23H,9-14,18H2,1-8H3. The number of hydrogen-bond acceptors (Lipinski definition) is 3. The van der Waals surface area contributed by atoms with Crippen LogP contribution in [0.15, 0.2) is 42.0 Å². The molecule has 184 valence electrons. The van der Waals surface area contributed by atoms with Gasteiger partial charge in [0.25, 0.3) is 0 Å². The van der Waals surface area contributed by atoms with Crippen molar-refractivity contribution in [2.45, 2.75) is 99.3 Å². The van der Waals surface area contributed by atoms with Gasteiger partial charge >= 0.3 is 5.97 Å². The average Bonchev–Trinajstić information content (AvgIpc) is 2.75. The summed E-state index contributed by atoms with van der Waals surface area (Å²) >= 11 is 0. The molecule has 0 radical (unpaired) electrons. The molecule has 0 aliphatic heterocycles. The summed E-state index contributed by atoms with van der Waals surface area (Å²) < 4.78 is 11.4.